The minimum Gasteiger partial charge on any atom is -0.360 e. The summed E-state index contributed by atoms with van der Waals surface area (Å²) in [6, 6.07) is 9.10. The zero-order valence-electron chi connectivity index (χ0n) is 12.0. The highest BCUT2D eigenvalue weighted by molar-refractivity contribution is 6.30. The van der Waals surface area contributed by atoms with E-state index in [0.717, 1.165) is 31.6 Å². The van der Waals surface area contributed by atoms with Crippen LogP contribution in [0.1, 0.15) is 19.8 Å². The summed E-state index contributed by atoms with van der Waals surface area (Å²) in [5.41, 5.74) is 0.861. The average Bonchev–Trinajstić information content (AvgIpc) is 2.48. The molecule has 4 nitrogen and oxygen atoms in total. The van der Waals surface area contributed by atoms with Gasteiger partial charge in [-0.3, -0.25) is 4.79 Å². The molecule has 1 aromatic carbocycles. The molecular formula is C16H18ClN3O. The lowest BCUT2D eigenvalue weighted by atomic mass is 9.99. The molecule has 0 aliphatic carbocycles. The fourth-order valence-corrected chi connectivity index (χ4v) is 2.45. The number of amides is 1. The molecule has 0 atom stereocenters. The van der Waals surface area contributed by atoms with Gasteiger partial charge in [0, 0.05) is 30.0 Å². The van der Waals surface area contributed by atoms with Gasteiger partial charge in [0.25, 0.3) is 5.91 Å². The molecule has 1 aliphatic rings. The third-order valence-electron chi connectivity index (χ3n) is 3.63. The number of nitrogens with one attached hydrogen (secondary N) is 1. The molecule has 21 heavy (non-hydrogen) atoms. The Morgan fingerprint density at radius 3 is 2.81 bits per heavy atom. The third-order valence-corrected chi connectivity index (χ3v) is 3.86. The Bertz CT molecular complexity index is 583. The number of carbonyl (C=O) groups is 1. The molecule has 0 saturated carbocycles. The van der Waals surface area contributed by atoms with Crippen molar-refractivity contribution in [3.05, 3.63) is 41.1 Å². The molecule has 1 aromatic rings. The highest BCUT2D eigenvalue weighted by Crippen LogP contribution is 2.18. The van der Waals surface area contributed by atoms with Gasteiger partial charge in [0.15, 0.2) is 0 Å². The summed E-state index contributed by atoms with van der Waals surface area (Å²) in [7, 11) is 0. The summed E-state index contributed by atoms with van der Waals surface area (Å²) in [5.74, 6) is 0.437. The average molecular weight is 304 g/mol. The van der Waals surface area contributed by atoms with Crippen molar-refractivity contribution in [2.75, 3.05) is 18.4 Å². The number of hydrogen-bond donors (Lipinski definition) is 1. The first-order valence-corrected chi connectivity index (χ1v) is 7.39. The van der Waals surface area contributed by atoms with Crippen molar-refractivity contribution < 1.29 is 4.79 Å². The smallest absolute Gasteiger partial charge is 0.266 e. The monoisotopic (exact) mass is 303 g/mol. The van der Waals surface area contributed by atoms with Crippen LogP contribution in [-0.4, -0.2) is 23.9 Å². The van der Waals surface area contributed by atoms with E-state index in [1.165, 1.54) is 6.20 Å². The SMILES string of the molecule is CC1CCN(C(=O)/C(C#N)=C\Nc2cccc(Cl)c2)CC1. The Balaban J connectivity index is 2.03. The predicted molar refractivity (Wildman–Crippen MR) is 83.7 cm³/mol. The maximum Gasteiger partial charge on any atom is 0.266 e. The summed E-state index contributed by atoms with van der Waals surface area (Å²) in [6.07, 6.45) is 3.43. The molecule has 0 spiro atoms. The number of halogens is 1. The van der Waals surface area contributed by atoms with E-state index in [2.05, 4.69) is 12.2 Å². The molecule has 0 aromatic heterocycles. The second kappa shape index (κ2) is 7.14. The predicted octanol–water partition coefficient (Wildman–Crippen LogP) is 3.42. The summed E-state index contributed by atoms with van der Waals surface area (Å²) >= 11 is 5.89. The molecule has 1 amide bonds. The van der Waals surface area contributed by atoms with Crippen molar-refractivity contribution in [1.29, 1.82) is 5.26 Å². The zero-order valence-corrected chi connectivity index (χ0v) is 12.7. The Hall–Kier alpha value is -1.99. The molecular weight excluding hydrogens is 286 g/mol. The number of nitrogens with zero attached hydrogens (tertiary/aromatic N) is 2. The molecule has 0 radical (unpaired) electrons. The molecule has 1 N–H and O–H groups in total. The fourth-order valence-electron chi connectivity index (χ4n) is 2.26. The van der Waals surface area contributed by atoms with Gasteiger partial charge in [-0.1, -0.05) is 24.6 Å². The van der Waals surface area contributed by atoms with E-state index in [9.17, 15) is 10.1 Å². The van der Waals surface area contributed by atoms with Crippen LogP contribution in [0.25, 0.3) is 0 Å². The standard InChI is InChI=1S/C16H18ClN3O/c1-12-5-7-20(8-6-12)16(21)13(10-18)11-19-15-4-2-3-14(17)9-15/h2-4,9,11-12,19H,5-8H2,1H3/b13-11-. The Kier molecular flexibility index (Phi) is 5.24. The maximum absolute atomic E-state index is 12.3. The summed E-state index contributed by atoms with van der Waals surface area (Å²) < 4.78 is 0. The lowest BCUT2D eigenvalue weighted by Crippen LogP contribution is -2.38. The Morgan fingerprint density at radius 1 is 1.48 bits per heavy atom. The van der Waals surface area contributed by atoms with Crippen LogP contribution in [0.3, 0.4) is 0 Å². The number of hydrogen-bond acceptors (Lipinski definition) is 3. The van der Waals surface area contributed by atoms with E-state index in [1.54, 1.807) is 23.1 Å². The van der Waals surface area contributed by atoms with Gasteiger partial charge in [-0.15, -0.1) is 0 Å². The number of nitriles is 1. The number of benzene rings is 1. The lowest BCUT2D eigenvalue weighted by molar-refractivity contribution is -0.128. The first-order chi connectivity index (χ1) is 10.1. The summed E-state index contributed by atoms with van der Waals surface area (Å²) in [5, 5.41) is 12.7. The van der Waals surface area contributed by atoms with Crippen LogP contribution in [-0.2, 0) is 4.79 Å². The molecule has 0 unspecified atom stereocenters. The largest absolute Gasteiger partial charge is 0.360 e. The summed E-state index contributed by atoms with van der Waals surface area (Å²) in [6.45, 7) is 3.62. The molecule has 2 rings (SSSR count). The Labute approximate surface area is 130 Å². The molecule has 1 fully saturated rings. The van der Waals surface area contributed by atoms with Crippen molar-refractivity contribution in [1.82, 2.24) is 4.90 Å². The zero-order chi connectivity index (χ0) is 15.2. The molecule has 0 bridgehead atoms. The fraction of sp³-hybridized carbons (Fsp3) is 0.375. The van der Waals surface area contributed by atoms with E-state index in [1.807, 2.05) is 12.1 Å². The second-order valence-electron chi connectivity index (χ2n) is 5.30. The van der Waals surface area contributed by atoms with Gasteiger partial charge >= 0.3 is 0 Å². The van der Waals surface area contributed by atoms with Gasteiger partial charge in [0.05, 0.1) is 0 Å². The molecule has 110 valence electrons. The van der Waals surface area contributed by atoms with Crippen LogP contribution in [0, 0.1) is 17.2 Å². The highest BCUT2D eigenvalue weighted by Gasteiger charge is 2.22. The van der Waals surface area contributed by atoms with Gasteiger partial charge in [0.1, 0.15) is 11.6 Å². The number of carbonyl (C=O) groups excluding carboxylic acids is 1. The van der Waals surface area contributed by atoms with Gasteiger partial charge < -0.3 is 10.2 Å². The number of anilines is 1. The van der Waals surface area contributed by atoms with Crippen molar-refractivity contribution in [3.63, 3.8) is 0 Å². The van der Waals surface area contributed by atoms with Crippen LogP contribution in [0.4, 0.5) is 5.69 Å². The third kappa shape index (κ3) is 4.24. The minimum absolute atomic E-state index is 0.115. The van der Waals surface area contributed by atoms with Crippen molar-refractivity contribution in [2.24, 2.45) is 5.92 Å². The maximum atomic E-state index is 12.3. The highest BCUT2D eigenvalue weighted by atomic mass is 35.5. The lowest BCUT2D eigenvalue weighted by Gasteiger charge is -2.30. The van der Waals surface area contributed by atoms with Gasteiger partial charge in [0.2, 0.25) is 0 Å². The van der Waals surface area contributed by atoms with Crippen molar-refractivity contribution in [2.45, 2.75) is 19.8 Å². The quantitative estimate of drug-likeness (QED) is 0.687. The van der Waals surface area contributed by atoms with E-state index in [4.69, 9.17) is 11.6 Å². The van der Waals surface area contributed by atoms with Crippen molar-refractivity contribution in [3.8, 4) is 6.07 Å². The van der Waals surface area contributed by atoms with Crippen LogP contribution in [0.2, 0.25) is 5.02 Å². The number of piperidine rings is 1. The van der Waals surface area contributed by atoms with Crippen LogP contribution in [0.15, 0.2) is 36.0 Å². The normalized spacial score (nSPS) is 16.4. The van der Waals surface area contributed by atoms with E-state index < -0.39 is 0 Å². The van der Waals surface area contributed by atoms with Crippen molar-refractivity contribution >= 4 is 23.2 Å². The number of likely N-dealkylation sites (tertiary alicyclic amines) is 1. The van der Waals surface area contributed by atoms with Gasteiger partial charge in [-0.2, -0.15) is 5.26 Å². The molecule has 1 aliphatic heterocycles. The van der Waals surface area contributed by atoms with Gasteiger partial charge in [-0.05, 0) is 37.0 Å². The first-order valence-electron chi connectivity index (χ1n) is 7.02. The van der Waals surface area contributed by atoms with Crippen LogP contribution in [0.5, 0.6) is 0 Å². The minimum atomic E-state index is -0.209. The summed E-state index contributed by atoms with van der Waals surface area (Å²) in [4.78, 5) is 14.0. The Morgan fingerprint density at radius 2 is 2.19 bits per heavy atom. The topological polar surface area (TPSA) is 56.1 Å². The van der Waals surface area contributed by atoms with Gasteiger partial charge in [-0.25, -0.2) is 0 Å². The second-order valence-corrected chi connectivity index (χ2v) is 5.74. The van der Waals surface area contributed by atoms with E-state index in [-0.39, 0.29) is 11.5 Å². The van der Waals surface area contributed by atoms with Crippen LogP contribution >= 0.6 is 11.6 Å². The number of rotatable bonds is 3. The molecule has 5 heteroatoms. The van der Waals surface area contributed by atoms with Crippen LogP contribution < -0.4 is 5.32 Å². The van der Waals surface area contributed by atoms with E-state index >= 15 is 0 Å². The van der Waals surface area contributed by atoms with E-state index in [0.29, 0.717) is 10.9 Å². The first kappa shape index (κ1) is 15.4. The molecule has 1 saturated heterocycles. The molecule has 1 heterocycles.